The number of hydrogen-bond donors (Lipinski definition) is 14. The molecular formula is C65H116N14O15. The molecule has 0 aromatic heterocycles. The standard InChI is InChI=1S/C65H116N14O15/c1-16-18-19-20-21-22-23-26-51(84)75-64(13,14)61(94)79-33-24-25-47(79)57(90)72-46(36-40(7)8)56(89)77-65(15,17-2)60(93)74-43(28-31-49(67)82)52(85)70-44(29-32-50(68)83)55(88)76-63(11,12)59(92)78-62(9,10)58(91)73-42(27-30-48(66)81)53(86)71-45(35-39(5)6)54(87)69-41(37-80)34-38(3)4/h38-47,80H,16-37H2,1-15H3,(H2,66,81)(H2,67,82)(H2,68,83)(H,69,87)(H,70,85)(H,71,86)(H,72,90)(H,73,91)(H,74,93)(H,75,84)(H,76,88)(H,77,89)(H,78,92)/t41-,42-,43-,44+,45+,46-,47-,65-/m0/s1. The predicted molar refractivity (Wildman–Crippen MR) is 353 cm³/mol. The molecule has 0 aromatic carbocycles. The van der Waals surface area contributed by atoms with Crippen LogP contribution in [0.3, 0.4) is 0 Å². The van der Waals surface area contributed by atoms with Gasteiger partial charge in [0.2, 0.25) is 82.7 Å². The molecule has 1 saturated heterocycles. The van der Waals surface area contributed by atoms with Crippen molar-refractivity contribution < 1.29 is 72.2 Å². The minimum atomic E-state index is -1.92. The fourth-order valence-electron chi connectivity index (χ4n) is 10.6. The maximum absolute atomic E-state index is 14.4. The summed E-state index contributed by atoms with van der Waals surface area (Å²) in [5.41, 5.74) is 9.43. The van der Waals surface area contributed by atoms with E-state index >= 15 is 0 Å². The molecule has 0 radical (unpaired) electrons. The topological polar surface area (TPSA) is 461 Å². The zero-order chi connectivity index (χ0) is 72.1. The number of nitrogens with two attached hydrogens (primary N) is 3. The number of rotatable bonds is 45. The Labute approximate surface area is 555 Å². The quantitative estimate of drug-likeness (QED) is 0.0377. The molecule has 0 saturated carbocycles. The first-order valence-corrected chi connectivity index (χ1v) is 33.4. The van der Waals surface area contributed by atoms with E-state index in [1.807, 2.05) is 41.5 Å². The van der Waals surface area contributed by atoms with Crippen molar-refractivity contribution in [3.05, 3.63) is 0 Å². The van der Waals surface area contributed by atoms with E-state index in [0.29, 0.717) is 19.3 Å². The van der Waals surface area contributed by atoms with Crippen LogP contribution in [0.1, 0.15) is 232 Å². The molecule has 1 heterocycles. The second kappa shape index (κ2) is 40.1. The molecule has 29 heteroatoms. The van der Waals surface area contributed by atoms with Gasteiger partial charge in [0, 0.05) is 32.2 Å². The summed E-state index contributed by atoms with van der Waals surface area (Å²) < 4.78 is 0. The van der Waals surface area contributed by atoms with Gasteiger partial charge in [-0.1, -0.05) is 93.9 Å². The first-order chi connectivity index (χ1) is 43.6. The van der Waals surface area contributed by atoms with E-state index in [1.54, 1.807) is 20.8 Å². The molecule has 29 nitrogen and oxygen atoms in total. The van der Waals surface area contributed by atoms with E-state index in [0.717, 1.165) is 32.1 Å². The van der Waals surface area contributed by atoms with Crippen molar-refractivity contribution in [2.24, 2.45) is 35.0 Å². The Morgan fingerprint density at radius 1 is 0.457 bits per heavy atom. The minimum Gasteiger partial charge on any atom is -0.394 e. The number of aliphatic hydroxyl groups is 1. The van der Waals surface area contributed by atoms with E-state index in [-0.39, 0.29) is 81.8 Å². The summed E-state index contributed by atoms with van der Waals surface area (Å²) in [5, 5.41) is 36.2. The zero-order valence-corrected chi connectivity index (χ0v) is 58.7. The van der Waals surface area contributed by atoms with Gasteiger partial charge in [0.1, 0.15) is 58.4 Å². The second-order valence-corrected chi connectivity index (χ2v) is 28.1. The number of aliphatic hydroxyl groups excluding tert-OH is 1. The summed E-state index contributed by atoms with van der Waals surface area (Å²) in [5.74, 6) is -11.2. The Bertz CT molecular complexity index is 2610. The molecule has 17 N–H and O–H groups in total. The molecule has 94 heavy (non-hydrogen) atoms. The number of carbonyl (C=O) groups excluding carboxylic acids is 14. The number of primary amides is 3. The highest BCUT2D eigenvalue weighted by Crippen LogP contribution is 2.24. The fourth-order valence-corrected chi connectivity index (χ4v) is 10.6. The van der Waals surface area contributed by atoms with Gasteiger partial charge in [0.25, 0.3) is 0 Å². The summed E-state index contributed by atoms with van der Waals surface area (Å²) in [6.07, 6.45) is 6.26. The van der Waals surface area contributed by atoms with Gasteiger partial charge >= 0.3 is 0 Å². The van der Waals surface area contributed by atoms with Crippen LogP contribution in [0, 0.1) is 17.8 Å². The van der Waals surface area contributed by atoms with E-state index in [2.05, 4.69) is 60.1 Å². The number of hydrogen-bond acceptors (Lipinski definition) is 15. The van der Waals surface area contributed by atoms with Gasteiger partial charge in [-0.25, -0.2) is 0 Å². The summed E-state index contributed by atoms with van der Waals surface area (Å²) in [6, 6.07) is -8.68. The smallest absolute Gasteiger partial charge is 0.248 e. The number of nitrogens with one attached hydrogen (secondary N) is 10. The third-order valence-corrected chi connectivity index (χ3v) is 16.3. The number of nitrogens with zero attached hydrogens (tertiary/aromatic N) is 1. The molecule has 0 spiro atoms. The van der Waals surface area contributed by atoms with E-state index in [9.17, 15) is 72.2 Å². The molecule has 0 bridgehead atoms. The molecule has 14 amide bonds. The number of likely N-dealkylation sites (tertiary alicyclic amines) is 1. The highest BCUT2D eigenvalue weighted by molar-refractivity contribution is 6.01. The fraction of sp³-hybridized carbons (Fsp3) is 0.785. The summed E-state index contributed by atoms with van der Waals surface area (Å²) >= 11 is 0. The van der Waals surface area contributed by atoms with Crippen molar-refractivity contribution in [3.8, 4) is 0 Å². The van der Waals surface area contributed by atoms with E-state index in [4.69, 9.17) is 17.2 Å². The molecule has 1 aliphatic rings. The normalized spacial score (nSPS) is 16.0. The maximum Gasteiger partial charge on any atom is 0.248 e. The van der Waals surface area contributed by atoms with Gasteiger partial charge in [-0.3, -0.25) is 67.1 Å². The molecule has 0 aromatic rings. The molecule has 1 fully saturated rings. The lowest BCUT2D eigenvalue weighted by Crippen LogP contribution is -2.66. The van der Waals surface area contributed by atoms with Crippen molar-refractivity contribution in [1.29, 1.82) is 0 Å². The van der Waals surface area contributed by atoms with Gasteiger partial charge in [-0.05, 0) is 130 Å². The van der Waals surface area contributed by atoms with Gasteiger partial charge in [-0.15, -0.1) is 0 Å². The van der Waals surface area contributed by atoms with Crippen LogP contribution in [0.25, 0.3) is 0 Å². The third-order valence-electron chi connectivity index (χ3n) is 16.3. The number of unbranched alkanes of at least 4 members (excludes halogenated alkanes) is 6. The van der Waals surface area contributed by atoms with E-state index < -0.39 is 167 Å². The molecule has 0 unspecified atom stereocenters. The van der Waals surface area contributed by atoms with Crippen LogP contribution in [0.5, 0.6) is 0 Å². The molecule has 536 valence electrons. The van der Waals surface area contributed by atoms with Crippen molar-refractivity contribution >= 4 is 82.7 Å². The monoisotopic (exact) mass is 1330 g/mol. The second-order valence-electron chi connectivity index (χ2n) is 28.1. The molecule has 8 atom stereocenters. The van der Waals surface area contributed by atoms with Crippen LogP contribution in [0.15, 0.2) is 0 Å². The van der Waals surface area contributed by atoms with Gasteiger partial charge in [0.15, 0.2) is 0 Å². The van der Waals surface area contributed by atoms with Crippen LogP contribution in [0.2, 0.25) is 0 Å². The van der Waals surface area contributed by atoms with Gasteiger partial charge in [0.05, 0.1) is 12.6 Å². The van der Waals surface area contributed by atoms with Crippen molar-refractivity contribution in [2.45, 2.75) is 297 Å². The van der Waals surface area contributed by atoms with Crippen molar-refractivity contribution in [3.63, 3.8) is 0 Å². The van der Waals surface area contributed by atoms with E-state index in [1.165, 1.54) is 45.9 Å². The lowest BCUT2D eigenvalue weighted by molar-refractivity contribution is -0.145. The Morgan fingerprint density at radius 2 is 0.883 bits per heavy atom. The van der Waals surface area contributed by atoms with Gasteiger partial charge in [-0.2, -0.15) is 0 Å². The summed E-state index contributed by atoms with van der Waals surface area (Å²) in [7, 11) is 0. The zero-order valence-electron chi connectivity index (χ0n) is 58.7. The molecular weight excluding hydrogens is 1220 g/mol. The maximum atomic E-state index is 14.4. The Morgan fingerprint density at radius 3 is 1.35 bits per heavy atom. The lowest BCUT2D eigenvalue weighted by atomic mass is 9.94. The first-order valence-electron chi connectivity index (χ1n) is 33.4. The summed E-state index contributed by atoms with van der Waals surface area (Å²) in [4.78, 5) is 191. The number of amides is 14. The molecule has 1 aliphatic heterocycles. The van der Waals surface area contributed by atoms with Gasteiger partial charge < -0.3 is 80.4 Å². The van der Waals surface area contributed by atoms with Crippen molar-refractivity contribution in [1.82, 2.24) is 58.1 Å². The average Bonchev–Trinajstić information content (AvgIpc) is 1.42. The minimum absolute atomic E-state index is 0.0863. The average molecular weight is 1330 g/mol. The Hall–Kier alpha value is -7.46. The van der Waals surface area contributed by atoms with Crippen LogP contribution >= 0.6 is 0 Å². The largest absolute Gasteiger partial charge is 0.394 e. The van der Waals surface area contributed by atoms with Crippen molar-refractivity contribution in [2.75, 3.05) is 13.2 Å². The SMILES string of the molecule is CCCCCCCCCC(=O)NC(C)(C)C(=O)N1CCC[C@H]1C(=O)N[C@@H](CC(C)C)C(=O)N[C@@](C)(CC)C(=O)N[C@@H](CCC(N)=O)C(=O)N[C@H](CCC(N)=O)C(=O)NC(C)(C)C(=O)NC(C)(C)C(=O)N[C@@H](CCC(N)=O)C(=O)N[C@H](CC(C)C)C(=O)N[C@H](CO)CC(C)C. The summed E-state index contributed by atoms with van der Waals surface area (Å²) in [6.45, 7) is 24.3. The first kappa shape index (κ1) is 84.6. The Kier molecular flexibility index (Phi) is 36.0. The van der Waals surface area contributed by atoms with Crippen LogP contribution in [-0.2, 0) is 67.1 Å². The predicted octanol–water partition coefficient (Wildman–Crippen LogP) is 0.923. The van der Waals surface area contributed by atoms with Crippen LogP contribution in [0.4, 0.5) is 0 Å². The lowest BCUT2D eigenvalue weighted by Gasteiger charge is -2.35. The highest BCUT2D eigenvalue weighted by atomic mass is 16.3. The highest BCUT2D eigenvalue weighted by Gasteiger charge is 2.45. The van der Waals surface area contributed by atoms with Crippen LogP contribution < -0.4 is 70.4 Å². The van der Waals surface area contributed by atoms with Crippen LogP contribution in [-0.4, -0.2) is 170 Å². The molecule has 1 rings (SSSR count). The molecule has 0 aliphatic carbocycles. The number of carbonyl (C=O) groups is 14. The third kappa shape index (κ3) is 30.3. The Balaban J connectivity index is 3.40.